The first-order chi connectivity index (χ1) is 19.6. The molecule has 3 fully saturated rings. The van der Waals surface area contributed by atoms with Crippen molar-refractivity contribution in [2.45, 2.75) is 157 Å². The Kier molecular flexibility index (Phi) is 11.2. The molecule has 0 spiro atoms. The molecule has 5 aliphatic rings. The summed E-state index contributed by atoms with van der Waals surface area (Å²) in [5, 5.41) is 0. The van der Waals surface area contributed by atoms with Crippen LogP contribution in [0.1, 0.15) is 157 Å². The first kappa shape index (κ1) is 30.7. The molecule has 0 saturated heterocycles. The molecular formula is C40H66. The summed E-state index contributed by atoms with van der Waals surface area (Å²) in [5.74, 6) is 9.36. The van der Waals surface area contributed by atoms with Gasteiger partial charge in [0.1, 0.15) is 0 Å². The molecule has 0 nitrogen and oxygen atoms in total. The van der Waals surface area contributed by atoms with Crippen LogP contribution in [0.5, 0.6) is 0 Å². The molecule has 0 radical (unpaired) electrons. The second kappa shape index (κ2) is 14.6. The van der Waals surface area contributed by atoms with Gasteiger partial charge in [-0.15, -0.1) is 0 Å². The smallest absolute Gasteiger partial charge is 0.0104 e. The highest BCUT2D eigenvalue weighted by Crippen LogP contribution is 2.60. The lowest BCUT2D eigenvalue weighted by molar-refractivity contribution is -0.0254. The van der Waals surface area contributed by atoms with Crippen LogP contribution in [0.15, 0.2) is 34.9 Å². The lowest BCUT2D eigenvalue weighted by Gasteiger charge is -2.57. The SMILES string of the molecule is CC/C=C1/CCC2=C(C3C4C=CCCC4C(CCCC(C)C(CC)CCCC)C4CCCCC43)CCC(C)C2C1. The average molecular weight is 547 g/mol. The van der Waals surface area contributed by atoms with E-state index in [9.17, 15) is 0 Å². The van der Waals surface area contributed by atoms with E-state index in [1.54, 1.807) is 12.0 Å². The predicted octanol–water partition coefficient (Wildman–Crippen LogP) is 12.5. The van der Waals surface area contributed by atoms with Crippen LogP contribution in [-0.4, -0.2) is 0 Å². The van der Waals surface area contributed by atoms with Gasteiger partial charge in [0.2, 0.25) is 0 Å². The standard InChI is InChI=1S/C40H66/c1-6-9-17-31(8-3)28(4)16-14-22-32-33-18-10-12-20-36(33)40(37-21-13-11-19-34(32)37)38-25-23-29(5)39-27-30(15-7-2)24-26-35(38)39/h12,15,20,28-29,31-34,36-37,39-40H,6-11,13-14,16-19,21-27H2,1-5H3/b30-15-. The number of hydrogen-bond donors (Lipinski definition) is 0. The molecule has 3 saturated carbocycles. The van der Waals surface area contributed by atoms with Gasteiger partial charge in [-0.1, -0.05) is 121 Å². The fraction of sp³-hybridized carbons (Fsp3) is 0.850. The summed E-state index contributed by atoms with van der Waals surface area (Å²) in [5.41, 5.74) is 5.81. The molecule has 0 aromatic rings. The summed E-state index contributed by atoms with van der Waals surface area (Å²) in [6, 6.07) is 0. The summed E-state index contributed by atoms with van der Waals surface area (Å²) >= 11 is 0. The molecule has 0 aromatic heterocycles. The lowest BCUT2D eigenvalue weighted by atomic mass is 9.48. The zero-order valence-electron chi connectivity index (χ0n) is 27.4. The summed E-state index contributed by atoms with van der Waals surface area (Å²) < 4.78 is 0. The van der Waals surface area contributed by atoms with Gasteiger partial charge in [0.05, 0.1) is 0 Å². The number of hydrogen-bond acceptors (Lipinski definition) is 0. The first-order valence-electron chi connectivity index (χ1n) is 18.6. The van der Waals surface area contributed by atoms with Crippen LogP contribution in [-0.2, 0) is 0 Å². The van der Waals surface area contributed by atoms with Gasteiger partial charge in [0.15, 0.2) is 0 Å². The summed E-state index contributed by atoms with van der Waals surface area (Å²) in [6.45, 7) is 12.3. The van der Waals surface area contributed by atoms with E-state index in [1.807, 2.05) is 11.1 Å². The number of rotatable bonds is 11. The molecule has 5 rings (SSSR count). The van der Waals surface area contributed by atoms with Crippen molar-refractivity contribution < 1.29 is 0 Å². The predicted molar refractivity (Wildman–Crippen MR) is 175 cm³/mol. The second-order valence-corrected chi connectivity index (χ2v) is 15.4. The van der Waals surface area contributed by atoms with E-state index in [-0.39, 0.29) is 0 Å². The Balaban J connectivity index is 1.37. The third-order valence-corrected chi connectivity index (χ3v) is 13.3. The highest BCUT2D eigenvalue weighted by Gasteiger charge is 2.52. The highest BCUT2D eigenvalue weighted by atomic mass is 14.6. The van der Waals surface area contributed by atoms with E-state index in [2.05, 4.69) is 52.8 Å². The van der Waals surface area contributed by atoms with Gasteiger partial charge < -0.3 is 0 Å². The molecule has 40 heavy (non-hydrogen) atoms. The van der Waals surface area contributed by atoms with Crippen LogP contribution >= 0.6 is 0 Å². The Morgan fingerprint density at radius 3 is 2.48 bits per heavy atom. The van der Waals surface area contributed by atoms with Crippen LogP contribution in [0.25, 0.3) is 0 Å². The third kappa shape index (κ3) is 6.57. The molecule has 0 aromatic carbocycles. The van der Waals surface area contributed by atoms with Gasteiger partial charge in [-0.25, -0.2) is 0 Å². The molecule has 10 unspecified atom stereocenters. The van der Waals surface area contributed by atoms with Crippen molar-refractivity contribution in [3.8, 4) is 0 Å². The maximum atomic E-state index is 2.79. The van der Waals surface area contributed by atoms with Crippen LogP contribution in [0, 0.1) is 59.2 Å². The Hall–Kier alpha value is -0.780. The molecule has 0 bridgehead atoms. The van der Waals surface area contributed by atoms with Crippen molar-refractivity contribution in [1.82, 2.24) is 0 Å². The van der Waals surface area contributed by atoms with Crippen molar-refractivity contribution in [3.63, 3.8) is 0 Å². The van der Waals surface area contributed by atoms with Gasteiger partial charge >= 0.3 is 0 Å². The molecule has 0 heteroatoms. The third-order valence-electron chi connectivity index (χ3n) is 13.3. The minimum absolute atomic E-state index is 0.854. The van der Waals surface area contributed by atoms with Crippen molar-refractivity contribution in [2.75, 3.05) is 0 Å². The van der Waals surface area contributed by atoms with E-state index < -0.39 is 0 Å². The number of allylic oxidation sites excluding steroid dienone is 6. The lowest BCUT2D eigenvalue weighted by Crippen LogP contribution is -2.49. The van der Waals surface area contributed by atoms with Crippen LogP contribution in [0.3, 0.4) is 0 Å². The van der Waals surface area contributed by atoms with Crippen molar-refractivity contribution in [2.24, 2.45) is 59.2 Å². The van der Waals surface area contributed by atoms with Crippen LogP contribution in [0.2, 0.25) is 0 Å². The Bertz CT molecular complexity index is 886. The van der Waals surface area contributed by atoms with E-state index in [4.69, 9.17) is 0 Å². The normalized spacial score (nSPS) is 38.5. The van der Waals surface area contributed by atoms with E-state index in [0.29, 0.717) is 0 Å². The minimum atomic E-state index is 0.854. The van der Waals surface area contributed by atoms with Crippen LogP contribution < -0.4 is 0 Å². The summed E-state index contributed by atoms with van der Waals surface area (Å²) in [6.07, 6.45) is 35.3. The first-order valence-corrected chi connectivity index (χ1v) is 18.6. The molecule has 5 aliphatic carbocycles. The molecule has 0 N–H and O–H groups in total. The van der Waals surface area contributed by atoms with Gasteiger partial charge in [0, 0.05) is 0 Å². The maximum absolute atomic E-state index is 2.79. The van der Waals surface area contributed by atoms with Crippen molar-refractivity contribution >= 4 is 0 Å². The van der Waals surface area contributed by atoms with Crippen LogP contribution in [0.4, 0.5) is 0 Å². The van der Waals surface area contributed by atoms with Crippen molar-refractivity contribution in [3.05, 3.63) is 34.9 Å². The van der Waals surface area contributed by atoms with Gasteiger partial charge in [-0.2, -0.15) is 0 Å². The fourth-order valence-electron chi connectivity index (χ4n) is 11.3. The van der Waals surface area contributed by atoms with Gasteiger partial charge in [0.25, 0.3) is 0 Å². The average Bonchev–Trinajstić information content (AvgIpc) is 2.98. The molecule has 0 aliphatic heterocycles. The zero-order valence-corrected chi connectivity index (χ0v) is 27.4. The van der Waals surface area contributed by atoms with E-state index in [0.717, 1.165) is 59.2 Å². The number of fused-ring (bicyclic) bond motifs is 3. The summed E-state index contributed by atoms with van der Waals surface area (Å²) in [4.78, 5) is 0. The molecular weight excluding hydrogens is 480 g/mol. The van der Waals surface area contributed by atoms with Crippen molar-refractivity contribution in [1.29, 1.82) is 0 Å². The fourth-order valence-corrected chi connectivity index (χ4v) is 11.3. The molecule has 10 atom stereocenters. The van der Waals surface area contributed by atoms with Gasteiger partial charge in [-0.3, -0.25) is 0 Å². The van der Waals surface area contributed by atoms with Gasteiger partial charge in [-0.05, 0) is 130 Å². The Morgan fingerprint density at radius 1 is 0.875 bits per heavy atom. The van der Waals surface area contributed by atoms with E-state index >= 15 is 0 Å². The largest absolute Gasteiger partial charge is 0.0882 e. The minimum Gasteiger partial charge on any atom is -0.0882 e. The molecule has 0 heterocycles. The molecule has 226 valence electrons. The van der Waals surface area contributed by atoms with E-state index in [1.165, 1.54) is 116 Å². The highest BCUT2D eigenvalue weighted by molar-refractivity contribution is 5.32. The monoisotopic (exact) mass is 547 g/mol. The zero-order chi connectivity index (χ0) is 28.1. The molecule has 0 amide bonds. The maximum Gasteiger partial charge on any atom is -0.0104 e. The quantitative estimate of drug-likeness (QED) is 0.226. The Labute approximate surface area is 250 Å². The summed E-state index contributed by atoms with van der Waals surface area (Å²) in [7, 11) is 0. The number of unbranched alkanes of at least 4 members (excludes halogenated alkanes) is 1. The topological polar surface area (TPSA) is 0 Å². The Morgan fingerprint density at radius 2 is 1.70 bits per heavy atom. The second-order valence-electron chi connectivity index (χ2n) is 15.4.